The molecule has 0 atom stereocenters. The van der Waals surface area contributed by atoms with Crippen LogP contribution in [0.25, 0.3) is 0 Å². The zero-order valence-corrected chi connectivity index (χ0v) is 11.5. The number of esters is 1. The highest BCUT2D eigenvalue weighted by Crippen LogP contribution is 2.15. The molecule has 0 aliphatic carbocycles. The van der Waals surface area contributed by atoms with E-state index in [1.807, 2.05) is 0 Å². The zero-order valence-electron chi connectivity index (χ0n) is 10.7. The molecule has 8 nitrogen and oxygen atoms in total. The van der Waals surface area contributed by atoms with E-state index in [0.717, 1.165) is 6.20 Å². The van der Waals surface area contributed by atoms with E-state index in [0.29, 0.717) is 0 Å². The van der Waals surface area contributed by atoms with Gasteiger partial charge in [0.25, 0.3) is 0 Å². The van der Waals surface area contributed by atoms with Crippen molar-refractivity contribution in [2.75, 3.05) is 17.6 Å². The van der Waals surface area contributed by atoms with Gasteiger partial charge in [0.1, 0.15) is 0 Å². The maximum absolute atomic E-state index is 11.8. The van der Waals surface area contributed by atoms with Crippen molar-refractivity contribution in [3.8, 4) is 0 Å². The number of nitrogens with one attached hydrogen (secondary N) is 1. The Kier molecular flexibility index (Phi) is 5.44. The van der Waals surface area contributed by atoms with Crippen LogP contribution in [0.2, 0.25) is 0 Å². The van der Waals surface area contributed by atoms with E-state index < -0.39 is 22.0 Å². The van der Waals surface area contributed by atoms with Crippen LogP contribution < -0.4 is 4.72 Å². The number of rotatable bonds is 7. The lowest BCUT2D eigenvalue weighted by molar-refractivity contribution is -0.140. The fourth-order valence-electron chi connectivity index (χ4n) is 1.39. The third kappa shape index (κ3) is 4.84. The number of carboxylic acids is 1. The predicted molar refractivity (Wildman–Crippen MR) is 69.9 cm³/mol. The lowest BCUT2D eigenvalue weighted by Crippen LogP contribution is -2.19. The van der Waals surface area contributed by atoms with E-state index in [-0.39, 0.29) is 29.8 Å². The third-order valence-electron chi connectivity index (χ3n) is 2.34. The Balaban J connectivity index is 2.72. The largest absolute Gasteiger partial charge is 0.478 e. The molecule has 2 N–H and O–H groups in total. The first-order valence-electron chi connectivity index (χ1n) is 5.60. The first-order valence-corrected chi connectivity index (χ1v) is 7.25. The maximum atomic E-state index is 11.8. The van der Waals surface area contributed by atoms with E-state index in [1.54, 1.807) is 0 Å². The molecule has 110 valence electrons. The zero-order chi connectivity index (χ0) is 15.2. The van der Waals surface area contributed by atoms with Gasteiger partial charge in [-0.2, -0.15) is 0 Å². The quantitative estimate of drug-likeness (QED) is 0.702. The van der Waals surface area contributed by atoms with Crippen molar-refractivity contribution in [3.05, 3.63) is 24.0 Å². The lowest BCUT2D eigenvalue weighted by Gasteiger charge is -2.09. The Labute approximate surface area is 115 Å². The number of carbonyl (C=O) groups is 2. The molecule has 0 aliphatic heterocycles. The van der Waals surface area contributed by atoms with Gasteiger partial charge in [-0.3, -0.25) is 14.5 Å². The lowest BCUT2D eigenvalue weighted by atomic mass is 10.2. The predicted octanol–water partition coefficient (Wildman–Crippen LogP) is 0.475. The van der Waals surface area contributed by atoms with Gasteiger partial charge in [-0.1, -0.05) is 0 Å². The molecule has 1 rings (SSSR count). The van der Waals surface area contributed by atoms with E-state index in [9.17, 15) is 18.0 Å². The van der Waals surface area contributed by atoms with Crippen molar-refractivity contribution in [3.63, 3.8) is 0 Å². The number of carbonyl (C=O) groups excluding carboxylic acids is 1. The fraction of sp³-hybridized carbons (Fsp3) is 0.364. The summed E-state index contributed by atoms with van der Waals surface area (Å²) in [7, 11) is -2.54. The number of sulfonamides is 1. The van der Waals surface area contributed by atoms with Gasteiger partial charge in [-0.05, 0) is 12.5 Å². The Morgan fingerprint density at radius 1 is 1.45 bits per heavy atom. The van der Waals surface area contributed by atoms with Crippen molar-refractivity contribution in [2.24, 2.45) is 0 Å². The molecule has 0 aliphatic rings. The Bertz CT molecular complexity index is 599. The van der Waals surface area contributed by atoms with Crippen LogP contribution in [0, 0.1) is 0 Å². The number of aromatic carboxylic acids is 1. The van der Waals surface area contributed by atoms with Gasteiger partial charge in [-0.15, -0.1) is 0 Å². The molecule has 20 heavy (non-hydrogen) atoms. The van der Waals surface area contributed by atoms with E-state index in [2.05, 4.69) is 14.4 Å². The summed E-state index contributed by atoms with van der Waals surface area (Å²) >= 11 is 0. The van der Waals surface area contributed by atoms with E-state index in [1.165, 1.54) is 19.4 Å². The second-order valence-corrected chi connectivity index (χ2v) is 5.67. The van der Waals surface area contributed by atoms with Gasteiger partial charge in [0, 0.05) is 12.6 Å². The summed E-state index contributed by atoms with van der Waals surface area (Å²) < 4.78 is 30.0. The highest BCUT2D eigenvalue weighted by atomic mass is 32.2. The summed E-state index contributed by atoms with van der Waals surface area (Å²) in [6.07, 6.45) is 2.40. The highest BCUT2D eigenvalue weighted by Gasteiger charge is 2.16. The molecule has 1 heterocycles. The van der Waals surface area contributed by atoms with Crippen molar-refractivity contribution < 1.29 is 27.9 Å². The topological polar surface area (TPSA) is 123 Å². The number of aromatic nitrogens is 1. The van der Waals surface area contributed by atoms with E-state index >= 15 is 0 Å². The van der Waals surface area contributed by atoms with Gasteiger partial charge in [-0.25, -0.2) is 13.2 Å². The minimum absolute atomic E-state index is 0.0315. The van der Waals surface area contributed by atoms with Crippen LogP contribution in [0.3, 0.4) is 0 Å². The number of hydrogen-bond acceptors (Lipinski definition) is 6. The fourth-order valence-corrected chi connectivity index (χ4v) is 2.51. The normalized spacial score (nSPS) is 10.8. The van der Waals surface area contributed by atoms with Crippen LogP contribution in [0.15, 0.2) is 18.5 Å². The van der Waals surface area contributed by atoms with Crippen LogP contribution in [0.5, 0.6) is 0 Å². The molecule has 0 aromatic carbocycles. The summed E-state index contributed by atoms with van der Waals surface area (Å²) in [5, 5.41) is 8.92. The number of nitrogens with zero attached hydrogens (tertiary/aromatic N) is 1. The van der Waals surface area contributed by atoms with Gasteiger partial charge >= 0.3 is 11.9 Å². The highest BCUT2D eigenvalue weighted by molar-refractivity contribution is 7.92. The number of hydrogen-bond donors (Lipinski definition) is 2. The molecule has 0 radical (unpaired) electrons. The molecule has 0 fully saturated rings. The van der Waals surface area contributed by atoms with Crippen molar-refractivity contribution >= 4 is 27.6 Å². The summed E-state index contributed by atoms with van der Waals surface area (Å²) in [6.45, 7) is 0. The SMILES string of the molecule is COC(=O)CCCS(=O)(=O)Nc1cnccc1C(=O)O. The van der Waals surface area contributed by atoms with Crippen LogP contribution in [-0.4, -0.2) is 43.3 Å². The second kappa shape index (κ2) is 6.85. The van der Waals surface area contributed by atoms with Crippen molar-refractivity contribution in [1.29, 1.82) is 0 Å². The molecule has 0 spiro atoms. The first-order chi connectivity index (χ1) is 9.35. The number of methoxy groups -OCH3 is 1. The molecule has 0 saturated carbocycles. The minimum atomic E-state index is -3.76. The summed E-state index contributed by atoms with van der Waals surface area (Å²) in [5.74, 6) is -2.09. The molecule has 1 aromatic rings. The van der Waals surface area contributed by atoms with Gasteiger partial charge in [0.2, 0.25) is 10.0 Å². The molecule has 0 amide bonds. The number of anilines is 1. The Morgan fingerprint density at radius 3 is 2.75 bits per heavy atom. The standard InChI is InChI=1S/C11H14N2O6S/c1-19-10(14)3-2-6-20(17,18)13-9-7-12-5-4-8(9)11(15)16/h4-5,7,13H,2-3,6H2,1H3,(H,15,16). The van der Waals surface area contributed by atoms with Crippen LogP contribution >= 0.6 is 0 Å². The van der Waals surface area contributed by atoms with Gasteiger partial charge < -0.3 is 9.84 Å². The first kappa shape index (κ1) is 15.9. The maximum Gasteiger partial charge on any atom is 0.337 e. The number of carboxylic acid groups (broad SMARTS) is 1. The van der Waals surface area contributed by atoms with Crippen molar-refractivity contribution in [2.45, 2.75) is 12.8 Å². The minimum Gasteiger partial charge on any atom is -0.478 e. The molecule has 1 aromatic heterocycles. The Hall–Kier alpha value is -2.16. The smallest absolute Gasteiger partial charge is 0.337 e. The van der Waals surface area contributed by atoms with Crippen molar-refractivity contribution in [1.82, 2.24) is 4.98 Å². The molecular weight excluding hydrogens is 288 g/mol. The third-order valence-corrected chi connectivity index (χ3v) is 3.70. The van der Waals surface area contributed by atoms with Crippen LogP contribution in [-0.2, 0) is 19.6 Å². The average molecular weight is 302 g/mol. The second-order valence-electron chi connectivity index (χ2n) is 3.83. The van der Waals surface area contributed by atoms with E-state index in [4.69, 9.17) is 5.11 Å². The van der Waals surface area contributed by atoms with Gasteiger partial charge in [0.05, 0.1) is 30.3 Å². The molecule has 0 bridgehead atoms. The summed E-state index contributed by atoms with van der Waals surface area (Å²) in [5.41, 5.74) is -0.311. The molecule has 9 heteroatoms. The number of pyridine rings is 1. The average Bonchev–Trinajstić information content (AvgIpc) is 2.38. The molecular formula is C11H14N2O6S. The number of ether oxygens (including phenoxy) is 1. The Morgan fingerprint density at radius 2 is 2.15 bits per heavy atom. The summed E-state index contributed by atoms with van der Waals surface area (Å²) in [4.78, 5) is 25.5. The van der Waals surface area contributed by atoms with Crippen LogP contribution in [0.1, 0.15) is 23.2 Å². The monoisotopic (exact) mass is 302 g/mol. The molecule has 0 unspecified atom stereocenters. The summed E-state index contributed by atoms with van der Waals surface area (Å²) in [6, 6.07) is 1.19. The molecule has 0 saturated heterocycles. The van der Waals surface area contributed by atoms with Crippen LogP contribution in [0.4, 0.5) is 5.69 Å². The van der Waals surface area contributed by atoms with Gasteiger partial charge in [0.15, 0.2) is 0 Å².